The molecule has 0 aromatic heterocycles. The number of benzene rings is 2. The van der Waals surface area contributed by atoms with Gasteiger partial charge in [-0.3, -0.25) is 0 Å². The van der Waals surface area contributed by atoms with Crippen LogP contribution in [-0.4, -0.2) is 17.7 Å². The van der Waals surface area contributed by atoms with Gasteiger partial charge in [0.05, 0.1) is 12.2 Å². The summed E-state index contributed by atoms with van der Waals surface area (Å²) in [4.78, 5) is 11.1. The molecule has 0 fully saturated rings. The molecule has 98 valence electrons. The van der Waals surface area contributed by atoms with Crippen LogP contribution in [0, 0.1) is 6.92 Å². The molecule has 0 heterocycles. The van der Waals surface area contributed by atoms with Crippen LogP contribution in [0.25, 0.3) is 11.1 Å². The van der Waals surface area contributed by atoms with E-state index in [4.69, 9.17) is 9.84 Å². The molecule has 0 atom stereocenters. The van der Waals surface area contributed by atoms with Crippen LogP contribution in [0.15, 0.2) is 42.5 Å². The first kappa shape index (κ1) is 13.1. The van der Waals surface area contributed by atoms with Gasteiger partial charge >= 0.3 is 5.97 Å². The van der Waals surface area contributed by atoms with Crippen LogP contribution in [0.4, 0.5) is 0 Å². The van der Waals surface area contributed by atoms with E-state index in [1.807, 2.05) is 44.2 Å². The number of carboxylic acids is 1. The molecule has 0 saturated heterocycles. The fraction of sp³-hybridized carbons (Fsp3) is 0.188. The molecule has 3 nitrogen and oxygen atoms in total. The van der Waals surface area contributed by atoms with Crippen LogP contribution >= 0.6 is 0 Å². The Morgan fingerprint density at radius 3 is 2.58 bits per heavy atom. The van der Waals surface area contributed by atoms with E-state index in [1.54, 1.807) is 12.1 Å². The molecule has 2 aromatic rings. The van der Waals surface area contributed by atoms with Crippen molar-refractivity contribution in [2.75, 3.05) is 6.61 Å². The molecule has 0 saturated carbocycles. The summed E-state index contributed by atoms with van der Waals surface area (Å²) in [6, 6.07) is 12.8. The number of carbonyl (C=O) groups is 1. The van der Waals surface area contributed by atoms with Gasteiger partial charge in [0, 0.05) is 5.56 Å². The number of hydrogen-bond acceptors (Lipinski definition) is 2. The molecule has 0 aliphatic rings. The Balaban J connectivity index is 2.57. The van der Waals surface area contributed by atoms with E-state index in [0.29, 0.717) is 6.61 Å². The fourth-order valence-electron chi connectivity index (χ4n) is 2.02. The van der Waals surface area contributed by atoms with Crippen molar-refractivity contribution in [1.82, 2.24) is 0 Å². The van der Waals surface area contributed by atoms with Crippen LogP contribution in [0.1, 0.15) is 22.8 Å². The Morgan fingerprint density at radius 1 is 1.16 bits per heavy atom. The molecule has 19 heavy (non-hydrogen) atoms. The standard InChI is InChI=1S/C16H16O3/c1-3-19-15-7-5-4-6-13(15)14-10-12(16(17)18)9-8-11(14)2/h4-10H,3H2,1-2H3,(H,17,18). The maximum atomic E-state index is 11.1. The second kappa shape index (κ2) is 5.57. The van der Waals surface area contributed by atoms with E-state index in [1.165, 1.54) is 0 Å². The lowest BCUT2D eigenvalue weighted by atomic mass is 9.97. The third-order valence-corrected chi connectivity index (χ3v) is 2.96. The number of ether oxygens (including phenoxy) is 1. The molecule has 3 heteroatoms. The summed E-state index contributed by atoms with van der Waals surface area (Å²) in [5.74, 6) is -0.147. The van der Waals surface area contributed by atoms with Gasteiger partial charge in [-0.15, -0.1) is 0 Å². The minimum Gasteiger partial charge on any atom is -0.493 e. The minimum atomic E-state index is -0.921. The van der Waals surface area contributed by atoms with Crippen LogP contribution in [0.2, 0.25) is 0 Å². The van der Waals surface area contributed by atoms with Gasteiger partial charge in [0.15, 0.2) is 0 Å². The molecule has 0 spiro atoms. The van der Waals surface area contributed by atoms with Gasteiger partial charge in [0.25, 0.3) is 0 Å². The zero-order valence-electron chi connectivity index (χ0n) is 11.0. The van der Waals surface area contributed by atoms with Crippen LogP contribution in [0.3, 0.4) is 0 Å². The van der Waals surface area contributed by atoms with Crippen molar-refractivity contribution in [3.63, 3.8) is 0 Å². The highest BCUT2D eigenvalue weighted by molar-refractivity contribution is 5.90. The van der Waals surface area contributed by atoms with Gasteiger partial charge in [0.1, 0.15) is 5.75 Å². The number of hydrogen-bond donors (Lipinski definition) is 1. The van der Waals surface area contributed by atoms with Crippen LogP contribution < -0.4 is 4.74 Å². The van der Waals surface area contributed by atoms with Gasteiger partial charge in [-0.2, -0.15) is 0 Å². The average Bonchev–Trinajstić information content (AvgIpc) is 2.40. The Kier molecular flexibility index (Phi) is 3.85. The first-order chi connectivity index (χ1) is 9.13. The Morgan fingerprint density at radius 2 is 1.89 bits per heavy atom. The SMILES string of the molecule is CCOc1ccccc1-c1cc(C(=O)O)ccc1C. The van der Waals surface area contributed by atoms with Crippen LogP contribution in [0.5, 0.6) is 5.75 Å². The van der Waals surface area contributed by atoms with Crippen LogP contribution in [-0.2, 0) is 0 Å². The van der Waals surface area contributed by atoms with E-state index in [9.17, 15) is 4.79 Å². The van der Waals surface area contributed by atoms with Gasteiger partial charge in [0.2, 0.25) is 0 Å². The molecule has 2 aromatic carbocycles. The van der Waals surface area contributed by atoms with E-state index in [-0.39, 0.29) is 5.56 Å². The fourth-order valence-corrected chi connectivity index (χ4v) is 2.02. The predicted molar refractivity (Wildman–Crippen MR) is 74.7 cm³/mol. The summed E-state index contributed by atoms with van der Waals surface area (Å²) >= 11 is 0. The van der Waals surface area contributed by atoms with Crippen molar-refractivity contribution in [1.29, 1.82) is 0 Å². The van der Waals surface area contributed by atoms with Crippen molar-refractivity contribution < 1.29 is 14.6 Å². The zero-order valence-corrected chi connectivity index (χ0v) is 11.0. The minimum absolute atomic E-state index is 0.284. The van der Waals surface area contributed by atoms with Crippen molar-refractivity contribution in [3.05, 3.63) is 53.6 Å². The summed E-state index contributed by atoms with van der Waals surface area (Å²) < 4.78 is 5.60. The Bertz CT molecular complexity index is 603. The molecule has 1 N–H and O–H groups in total. The third kappa shape index (κ3) is 2.76. The lowest BCUT2D eigenvalue weighted by molar-refractivity contribution is 0.0697. The maximum Gasteiger partial charge on any atom is 0.335 e. The highest BCUT2D eigenvalue weighted by Gasteiger charge is 2.11. The summed E-state index contributed by atoms with van der Waals surface area (Å²) in [6.07, 6.45) is 0. The van der Waals surface area contributed by atoms with E-state index in [0.717, 1.165) is 22.4 Å². The number of aromatic carboxylic acids is 1. The number of carboxylic acid groups (broad SMARTS) is 1. The molecule has 0 bridgehead atoms. The molecule has 0 aliphatic carbocycles. The van der Waals surface area contributed by atoms with Crippen molar-refractivity contribution in [2.45, 2.75) is 13.8 Å². The summed E-state index contributed by atoms with van der Waals surface area (Å²) in [5.41, 5.74) is 3.12. The van der Waals surface area contributed by atoms with Crippen molar-refractivity contribution >= 4 is 5.97 Å². The van der Waals surface area contributed by atoms with Gasteiger partial charge in [-0.05, 0) is 43.2 Å². The monoisotopic (exact) mass is 256 g/mol. The van der Waals surface area contributed by atoms with E-state index in [2.05, 4.69) is 0 Å². The normalized spacial score (nSPS) is 10.2. The molecule has 0 amide bonds. The number of rotatable bonds is 4. The lowest BCUT2D eigenvalue weighted by Crippen LogP contribution is -1.99. The highest BCUT2D eigenvalue weighted by atomic mass is 16.5. The topological polar surface area (TPSA) is 46.5 Å². The molecule has 2 rings (SSSR count). The van der Waals surface area contributed by atoms with Gasteiger partial charge < -0.3 is 9.84 Å². The number of para-hydroxylation sites is 1. The largest absolute Gasteiger partial charge is 0.493 e. The molecule has 0 radical (unpaired) electrons. The summed E-state index contributed by atoms with van der Waals surface area (Å²) in [5, 5.41) is 9.09. The molecule has 0 aliphatic heterocycles. The predicted octanol–water partition coefficient (Wildman–Crippen LogP) is 3.76. The zero-order chi connectivity index (χ0) is 13.8. The third-order valence-electron chi connectivity index (χ3n) is 2.96. The summed E-state index contributed by atoms with van der Waals surface area (Å²) in [7, 11) is 0. The quantitative estimate of drug-likeness (QED) is 0.906. The Hall–Kier alpha value is -2.29. The Labute approximate surface area is 112 Å². The van der Waals surface area contributed by atoms with Crippen molar-refractivity contribution in [2.24, 2.45) is 0 Å². The van der Waals surface area contributed by atoms with E-state index >= 15 is 0 Å². The molecule has 0 unspecified atom stereocenters. The summed E-state index contributed by atoms with van der Waals surface area (Å²) in [6.45, 7) is 4.47. The first-order valence-electron chi connectivity index (χ1n) is 6.19. The molecular formula is C16H16O3. The average molecular weight is 256 g/mol. The van der Waals surface area contributed by atoms with Gasteiger partial charge in [-0.25, -0.2) is 4.79 Å². The van der Waals surface area contributed by atoms with Gasteiger partial charge in [-0.1, -0.05) is 24.3 Å². The second-order valence-corrected chi connectivity index (χ2v) is 4.26. The highest BCUT2D eigenvalue weighted by Crippen LogP contribution is 2.32. The second-order valence-electron chi connectivity index (χ2n) is 4.26. The lowest BCUT2D eigenvalue weighted by Gasteiger charge is -2.12. The number of aryl methyl sites for hydroxylation is 1. The molecular weight excluding hydrogens is 240 g/mol. The van der Waals surface area contributed by atoms with Crippen molar-refractivity contribution in [3.8, 4) is 16.9 Å². The smallest absolute Gasteiger partial charge is 0.335 e. The first-order valence-corrected chi connectivity index (χ1v) is 6.19. The van der Waals surface area contributed by atoms with E-state index < -0.39 is 5.97 Å². The maximum absolute atomic E-state index is 11.1.